The Morgan fingerprint density at radius 2 is 1.93 bits per heavy atom. The van der Waals surface area contributed by atoms with E-state index in [1.807, 2.05) is 26.0 Å². The molecule has 1 nitrogen and oxygen atoms in total. The molecule has 1 aromatic carbocycles. The number of carbonyl (C=O) groups excluding carboxylic acids is 1. The number of rotatable bonds is 4. The minimum Gasteiger partial charge on any atom is -0.303 e. The van der Waals surface area contributed by atoms with Crippen LogP contribution in [0.15, 0.2) is 33.6 Å². The van der Waals surface area contributed by atoms with Gasteiger partial charge in [0.2, 0.25) is 0 Å². The van der Waals surface area contributed by atoms with Crippen molar-refractivity contribution < 1.29 is 4.79 Å². The van der Waals surface area contributed by atoms with Crippen molar-refractivity contribution in [3.8, 4) is 0 Å². The Morgan fingerprint density at radius 3 is 2.43 bits per heavy atom. The maximum Gasteiger partial charge on any atom is 0.126 e. The Kier molecular flexibility index (Phi) is 4.20. The molecule has 76 valence electrons. The van der Waals surface area contributed by atoms with E-state index in [0.717, 1.165) is 16.5 Å². The normalized spacial score (nSPS) is 11.4. The molecule has 0 saturated heterocycles. The van der Waals surface area contributed by atoms with Crippen LogP contribution in [-0.4, -0.2) is 12.0 Å². The Morgan fingerprint density at radius 1 is 1.36 bits per heavy atom. The molecule has 0 amide bonds. The molecule has 0 saturated carbocycles. The third kappa shape index (κ3) is 3.84. The van der Waals surface area contributed by atoms with Gasteiger partial charge in [0.1, 0.15) is 6.29 Å². The van der Waals surface area contributed by atoms with Crippen LogP contribution in [0.4, 0.5) is 0 Å². The highest BCUT2D eigenvalue weighted by molar-refractivity contribution is 9.10. The van der Waals surface area contributed by atoms with Crippen LogP contribution >= 0.6 is 27.7 Å². The molecule has 0 aromatic heterocycles. The first-order chi connectivity index (χ1) is 6.53. The summed E-state index contributed by atoms with van der Waals surface area (Å²) in [5.41, 5.74) is -0.238. The van der Waals surface area contributed by atoms with Gasteiger partial charge in [0.25, 0.3) is 0 Å². The molecule has 14 heavy (non-hydrogen) atoms. The van der Waals surface area contributed by atoms with Gasteiger partial charge in [0.15, 0.2) is 0 Å². The van der Waals surface area contributed by atoms with Crippen LogP contribution in [0.2, 0.25) is 0 Å². The molecule has 3 heteroatoms. The summed E-state index contributed by atoms with van der Waals surface area (Å²) in [5.74, 6) is 0.818. The van der Waals surface area contributed by atoms with Crippen molar-refractivity contribution in [2.45, 2.75) is 18.7 Å². The predicted octanol–water partition coefficient (Wildman–Crippen LogP) is 3.77. The van der Waals surface area contributed by atoms with Gasteiger partial charge in [-0.1, -0.05) is 29.8 Å². The second kappa shape index (κ2) is 4.99. The average molecular weight is 273 g/mol. The van der Waals surface area contributed by atoms with Crippen molar-refractivity contribution in [2.75, 3.05) is 5.75 Å². The highest BCUT2D eigenvalue weighted by Gasteiger charge is 2.16. The molecule has 0 aliphatic rings. The fourth-order valence-corrected chi connectivity index (χ4v) is 2.03. The van der Waals surface area contributed by atoms with Crippen molar-refractivity contribution in [1.82, 2.24) is 0 Å². The molecule has 1 rings (SSSR count). The first kappa shape index (κ1) is 11.8. The van der Waals surface area contributed by atoms with E-state index in [4.69, 9.17) is 0 Å². The van der Waals surface area contributed by atoms with Crippen LogP contribution in [0, 0.1) is 5.41 Å². The van der Waals surface area contributed by atoms with Gasteiger partial charge in [-0.3, -0.25) is 0 Å². The highest BCUT2D eigenvalue weighted by Crippen LogP contribution is 2.26. The van der Waals surface area contributed by atoms with E-state index < -0.39 is 0 Å². The lowest BCUT2D eigenvalue weighted by atomic mass is 10.00. The summed E-state index contributed by atoms with van der Waals surface area (Å²) in [4.78, 5) is 11.9. The van der Waals surface area contributed by atoms with Crippen molar-refractivity contribution in [1.29, 1.82) is 0 Å². The molecule has 0 heterocycles. The Hall–Kier alpha value is -0.280. The summed E-state index contributed by atoms with van der Waals surface area (Å²) < 4.78 is 1.08. The molecule has 0 aliphatic heterocycles. The molecular formula is C11H13BrOS. The Labute approximate surface area is 97.4 Å². The van der Waals surface area contributed by atoms with Gasteiger partial charge in [-0.15, -0.1) is 11.8 Å². The summed E-state index contributed by atoms with van der Waals surface area (Å²) in [6.45, 7) is 3.90. The molecule has 0 fully saturated rings. The van der Waals surface area contributed by atoms with E-state index in [2.05, 4.69) is 28.1 Å². The van der Waals surface area contributed by atoms with Crippen molar-refractivity contribution in [3.63, 3.8) is 0 Å². The van der Waals surface area contributed by atoms with Gasteiger partial charge in [-0.25, -0.2) is 0 Å². The van der Waals surface area contributed by atoms with E-state index in [-0.39, 0.29) is 5.41 Å². The van der Waals surface area contributed by atoms with Crippen LogP contribution in [0.5, 0.6) is 0 Å². The zero-order chi connectivity index (χ0) is 10.6. The third-order valence-electron chi connectivity index (χ3n) is 1.74. The van der Waals surface area contributed by atoms with E-state index >= 15 is 0 Å². The predicted molar refractivity (Wildman–Crippen MR) is 64.7 cm³/mol. The standard InChI is InChI=1S/C11H13BrOS/c1-11(2,7-13)8-14-10-5-3-9(12)4-6-10/h3-7H,8H2,1-2H3. The van der Waals surface area contributed by atoms with E-state index in [0.29, 0.717) is 0 Å². The smallest absolute Gasteiger partial charge is 0.126 e. The van der Waals surface area contributed by atoms with E-state index in [1.54, 1.807) is 11.8 Å². The number of hydrogen-bond donors (Lipinski definition) is 0. The number of thioether (sulfide) groups is 1. The van der Waals surface area contributed by atoms with Crippen molar-refractivity contribution in [3.05, 3.63) is 28.7 Å². The fourth-order valence-electron chi connectivity index (χ4n) is 0.834. The summed E-state index contributed by atoms with van der Waals surface area (Å²) >= 11 is 5.09. The minimum atomic E-state index is -0.238. The van der Waals surface area contributed by atoms with Gasteiger partial charge < -0.3 is 4.79 Å². The number of halogens is 1. The van der Waals surface area contributed by atoms with Crippen LogP contribution in [0.3, 0.4) is 0 Å². The van der Waals surface area contributed by atoms with Gasteiger partial charge in [-0.05, 0) is 24.3 Å². The summed E-state index contributed by atoms with van der Waals surface area (Å²) in [6.07, 6.45) is 1.01. The number of benzene rings is 1. The molecular weight excluding hydrogens is 260 g/mol. The second-order valence-corrected chi connectivity index (χ2v) is 5.81. The highest BCUT2D eigenvalue weighted by atomic mass is 79.9. The maximum atomic E-state index is 10.7. The lowest BCUT2D eigenvalue weighted by molar-refractivity contribution is -0.113. The summed E-state index contributed by atoms with van der Waals surface area (Å²) in [7, 11) is 0. The second-order valence-electron chi connectivity index (χ2n) is 3.85. The van der Waals surface area contributed by atoms with Crippen LogP contribution in [0.1, 0.15) is 13.8 Å². The van der Waals surface area contributed by atoms with Gasteiger partial charge in [-0.2, -0.15) is 0 Å². The summed E-state index contributed by atoms with van der Waals surface area (Å²) in [5, 5.41) is 0. The lowest BCUT2D eigenvalue weighted by Gasteiger charge is -2.15. The van der Waals surface area contributed by atoms with E-state index in [1.165, 1.54) is 4.90 Å². The monoisotopic (exact) mass is 272 g/mol. The molecule has 1 aromatic rings. The van der Waals surface area contributed by atoms with Gasteiger partial charge >= 0.3 is 0 Å². The third-order valence-corrected chi connectivity index (χ3v) is 3.77. The topological polar surface area (TPSA) is 17.1 Å². The Balaban J connectivity index is 2.54. The maximum absolute atomic E-state index is 10.7. The quantitative estimate of drug-likeness (QED) is 0.613. The molecule has 0 spiro atoms. The molecule has 0 unspecified atom stereocenters. The summed E-state index contributed by atoms with van der Waals surface area (Å²) in [6, 6.07) is 8.12. The zero-order valence-corrected chi connectivity index (χ0v) is 10.7. The Bertz CT molecular complexity index is 306. The van der Waals surface area contributed by atoms with Crippen LogP contribution < -0.4 is 0 Å². The number of hydrogen-bond acceptors (Lipinski definition) is 2. The van der Waals surface area contributed by atoms with Gasteiger partial charge in [0, 0.05) is 20.5 Å². The largest absolute Gasteiger partial charge is 0.303 e. The molecule has 0 aliphatic carbocycles. The molecule has 0 bridgehead atoms. The molecule has 0 N–H and O–H groups in total. The van der Waals surface area contributed by atoms with Crippen LogP contribution in [0.25, 0.3) is 0 Å². The van der Waals surface area contributed by atoms with Crippen molar-refractivity contribution in [2.24, 2.45) is 5.41 Å². The lowest BCUT2D eigenvalue weighted by Crippen LogP contribution is -2.15. The zero-order valence-electron chi connectivity index (χ0n) is 8.29. The van der Waals surface area contributed by atoms with Gasteiger partial charge in [0.05, 0.1) is 0 Å². The first-order valence-corrected chi connectivity index (χ1v) is 6.16. The fraction of sp³-hybridized carbons (Fsp3) is 0.364. The number of aldehydes is 1. The van der Waals surface area contributed by atoms with Crippen LogP contribution in [-0.2, 0) is 4.79 Å². The first-order valence-electron chi connectivity index (χ1n) is 4.38. The van der Waals surface area contributed by atoms with Crippen molar-refractivity contribution >= 4 is 34.0 Å². The molecule has 0 radical (unpaired) electrons. The number of carbonyl (C=O) groups is 1. The molecule has 0 atom stereocenters. The SMILES string of the molecule is CC(C)(C=O)CSc1ccc(Br)cc1. The van der Waals surface area contributed by atoms with E-state index in [9.17, 15) is 4.79 Å². The average Bonchev–Trinajstić information content (AvgIpc) is 2.17. The minimum absolute atomic E-state index is 0.238.